The Morgan fingerprint density at radius 3 is 2.44 bits per heavy atom. The van der Waals surface area contributed by atoms with E-state index < -0.39 is 0 Å². The highest BCUT2D eigenvalue weighted by molar-refractivity contribution is 7.19. The van der Waals surface area contributed by atoms with Crippen molar-refractivity contribution in [1.29, 1.82) is 10.5 Å². The molecule has 0 N–H and O–H groups in total. The molecular weight excluding hydrogens is 352 g/mol. The van der Waals surface area contributed by atoms with E-state index in [0.29, 0.717) is 25.9 Å². The fourth-order valence-corrected chi connectivity index (χ4v) is 3.78. The largest absolute Gasteiger partial charge is 0.369 e. The van der Waals surface area contributed by atoms with Gasteiger partial charge in [0.15, 0.2) is 0 Å². The third-order valence-corrected chi connectivity index (χ3v) is 5.32. The standard InChI is InChI=1S/C22H20N4S/c1-17-16-19(26(14-4-12-23)15-5-13-24)10-8-18(17)9-11-22-25-20-6-2-3-7-21(20)27-22/h2-3,6-11,16H,4-5,14-15H2,1H3/b11-9+. The maximum atomic E-state index is 8.86. The molecule has 0 bridgehead atoms. The predicted octanol–water partition coefficient (Wildman–Crippen LogP) is 5.41. The summed E-state index contributed by atoms with van der Waals surface area (Å²) in [5.74, 6) is 0. The molecule has 3 rings (SSSR count). The second-order valence-electron chi connectivity index (χ2n) is 6.20. The molecule has 0 atom stereocenters. The molecule has 5 heteroatoms. The van der Waals surface area contributed by atoms with Crippen LogP contribution in [0.4, 0.5) is 5.69 Å². The normalized spacial score (nSPS) is 10.8. The molecule has 0 aliphatic rings. The molecule has 1 heterocycles. The number of nitrogens with zero attached hydrogens (tertiary/aromatic N) is 4. The summed E-state index contributed by atoms with van der Waals surface area (Å²) in [6.07, 6.45) is 5.04. The molecular formula is C22H20N4S. The molecule has 4 nitrogen and oxygen atoms in total. The van der Waals surface area contributed by atoms with Crippen LogP contribution in [0.2, 0.25) is 0 Å². The van der Waals surface area contributed by atoms with E-state index in [2.05, 4.69) is 65.4 Å². The van der Waals surface area contributed by atoms with Gasteiger partial charge in [-0.05, 0) is 48.4 Å². The molecule has 0 aliphatic heterocycles. The fourth-order valence-electron chi connectivity index (χ4n) is 2.91. The third-order valence-electron chi connectivity index (χ3n) is 4.32. The average Bonchev–Trinajstić information content (AvgIpc) is 3.10. The maximum absolute atomic E-state index is 8.86. The van der Waals surface area contributed by atoms with Crippen molar-refractivity contribution in [3.63, 3.8) is 0 Å². The van der Waals surface area contributed by atoms with Crippen LogP contribution in [0.3, 0.4) is 0 Å². The first-order valence-electron chi connectivity index (χ1n) is 8.84. The zero-order chi connectivity index (χ0) is 19.1. The van der Waals surface area contributed by atoms with Crippen molar-refractivity contribution >= 4 is 39.4 Å². The van der Waals surface area contributed by atoms with Gasteiger partial charge in [0, 0.05) is 18.8 Å². The Labute approximate surface area is 163 Å². The van der Waals surface area contributed by atoms with Gasteiger partial charge in [0.05, 0.1) is 35.2 Å². The highest BCUT2D eigenvalue weighted by atomic mass is 32.1. The number of hydrogen-bond acceptors (Lipinski definition) is 5. The highest BCUT2D eigenvalue weighted by Gasteiger charge is 2.08. The molecule has 1 aromatic heterocycles. The lowest BCUT2D eigenvalue weighted by Gasteiger charge is -2.23. The minimum absolute atomic E-state index is 0.448. The molecule has 0 fully saturated rings. The van der Waals surface area contributed by atoms with Gasteiger partial charge in [0.2, 0.25) is 0 Å². The Balaban J connectivity index is 1.78. The number of rotatable bonds is 7. The number of thiazole rings is 1. The Bertz CT molecular complexity index is 985. The predicted molar refractivity (Wildman–Crippen MR) is 112 cm³/mol. The van der Waals surface area contributed by atoms with Crippen molar-refractivity contribution in [1.82, 2.24) is 4.98 Å². The number of hydrogen-bond donors (Lipinski definition) is 0. The van der Waals surface area contributed by atoms with Crippen LogP contribution in [-0.4, -0.2) is 18.1 Å². The number of aryl methyl sites for hydroxylation is 1. The minimum atomic E-state index is 0.448. The first kappa shape index (κ1) is 18.6. The third kappa shape index (κ3) is 4.73. The second kappa shape index (κ2) is 8.98. The SMILES string of the molecule is Cc1cc(N(CCC#N)CCC#N)ccc1/C=C/c1nc2ccccc2s1. The van der Waals surface area contributed by atoms with Gasteiger partial charge in [-0.25, -0.2) is 4.98 Å². The van der Waals surface area contributed by atoms with Gasteiger partial charge < -0.3 is 4.90 Å². The zero-order valence-electron chi connectivity index (χ0n) is 15.2. The summed E-state index contributed by atoms with van der Waals surface area (Å²) in [4.78, 5) is 6.73. The Kier molecular flexibility index (Phi) is 6.20. The summed E-state index contributed by atoms with van der Waals surface area (Å²) in [6.45, 7) is 3.35. The fraction of sp³-hybridized carbons (Fsp3) is 0.227. The smallest absolute Gasteiger partial charge is 0.117 e. The van der Waals surface area contributed by atoms with Crippen LogP contribution in [0.25, 0.3) is 22.4 Å². The Hall–Kier alpha value is -3.15. The summed E-state index contributed by atoms with van der Waals surface area (Å²) in [6, 6.07) is 18.8. The van der Waals surface area contributed by atoms with E-state index in [9.17, 15) is 0 Å². The van der Waals surface area contributed by atoms with E-state index in [1.54, 1.807) is 11.3 Å². The van der Waals surface area contributed by atoms with Crippen molar-refractivity contribution < 1.29 is 0 Å². The second-order valence-corrected chi connectivity index (χ2v) is 7.26. The molecule has 134 valence electrons. The van der Waals surface area contributed by atoms with E-state index in [-0.39, 0.29) is 0 Å². The summed E-state index contributed by atoms with van der Waals surface area (Å²) in [5.41, 5.74) is 4.37. The summed E-state index contributed by atoms with van der Waals surface area (Å²) < 4.78 is 1.19. The van der Waals surface area contributed by atoms with Crippen molar-refractivity contribution in [2.75, 3.05) is 18.0 Å². The Morgan fingerprint density at radius 2 is 1.78 bits per heavy atom. The van der Waals surface area contributed by atoms with Gasteiger partial charge in [-0.3, -0.25) is 0 Å². The minimum Gasteiger partial charge on any atom is -0.369 e. The van der Waals surface area contributed by atoms with Crippen LogP contribution in [0, 0.1) is 29.6 Å². The van der Waals surface area contributed by atoms with Crippen LogP contribution in [0.1, 0.15) is 29.0 Å². The molecule has 0 amide bonds. The molecule has 0 spiro atoms. The van der Waals surface area contributed by atoms with Gasteiger partial charge >= 0.3 is 0 Å². The first-order valence-corrected chi connectivity index (χ1v) is 9.66. The van der Waals surface area contributed by atoms with Crippen LogP contribution in [0.5, 0.6) is 0 Å². The lowest BCUT2D eigenvalue weighted by Crippen LogP contribution is -2.25. The number of anilines is 1. The summed E-state index contributed by atoms with van der Waals surface area (Å²) in [7, 11) is 0. The van der Waals surface area contributed by atoms with Gasteiger partial charge in [-0.2, -0.15) is 10.5 Å². The van der Waals surface area contributed by atoms with E-state index in [1.807, 2.05) is 18.2 Å². The summed E-state index contributed by atoms with van der Waals surface area (Å²) >= 11 is 1.68. The van der Waals surface area contributed by atoms with Gasteiger partial charge in [-0.15, -0.1) is 11.3 Å². The topological polar surface area (TPSA) is 63.7 Å². The molecule has 0 saturated heterocycles. The van der Waals surface area contributed by atoms with Crippen LogP contribution >= 0.6 is 11.3 Å². The molecule has 0 radical (unpaired) electrons. The summed E-state index contributed by atoms with van der Waals surface area (Å²) in [5, 5.41) is 18.7. The lowest BCUT2D eigenvalue weighted by molar-refractivity contribution is 0.796. The van der Waals surface area contributed by atoms with Crippen molar-refractivity contribution in [2.45, 2.75) is 19.8 Å². The van der Waals surface area contributed by atoms with Crippen molar-refractivity contribution in [2.24, 2.45) is 0 Å². The number of benzene rings is 2. The number of fused-ring (bicyclic) bond motifs is 1. The van der Waals surface area contributed by atoms with Gasteiger partial charge in [-0.1, -0.05) is 24.3 Å². The molecule has 27 heavy (non-hydrogen) atoms. The van der Waals surface area contributed by atoms with E-state index in [4.69, 9.17) is 10.5 Å². The average molecular weight is 372 g/mol. The zero-order valence-corrected chi connectivity index (χ0v) is 16.0. The van der Waals surface area contributed by atoms with E-state index in [0.717, 1.165) is 27.3 Å². The van der Waals surface area contributed by atoms with E-state index in [1.165, 1.54) is 4.70 Å². The van der Waals surface area contributed by atoms with Crippen LogP contribution < -0.4 is 4.90 Å². The van der Waals surface area contributed by atoms with Crippen molar-refractivity contribution in [3.05, 3.63) is 58.6 Å². The number of para-hydroxylation sites is 1. The molecule has 0 aliphatic carbocycles. The highest BCUT2D eigenvalue weighted by Crippen LogP contribution is 2.25. The quantitative estimate of drug-likeness (QED) is 0.556. The molecule has 3 aromatic rings. The number of nitriles is 2. The van der Waals surface area contributed by atoms with E-state index >= 15 is 0 Å². The molecule has 0 unspecified atom stereocenters. The monoisotopic (exact) mass is 372 g/mol. The molecule has 0 saturated carbocycles. The Morgan fingerprint density at radius 1 is 1.04 bits per heavy atom. The maximum Gasteiger partial charge on any atom is 0.117 e. The van der Waals surface area contributed by atoms with Crippen LogP contribution in [-0.2, 0) is 0 Å². The number of aromatic nitrogens is 1. The first-order chi connectivity index (χ1) is 13.2. The van der Waals surface area contributed by atoms with Crippen LogP contribution in [0.15, 0.2) is 42.5 Å². The lowest BCUT2D eigenvalue weighted by atomic mass is 10.1. The molecule has 2 aromatic carbocycles. The van der Waals surface area contributed by atoms with Crippen molar-refractivity contribution in [3.8, 4) is 12.1 Å². The van der Waals surface area contributed by atoms with Gasteiger partial charge in [0.25, 0.3) is 0 Å². The van der Waals surface area contributed by atoms with Gasteiger partial charge in [0.1, 0.15) is 5.01 Å².